The molecule has 2 aromatic rings. The summed E-state index contributed by atoms with van der Waals surface area (Å²) in [6.45, 7) is 2.86. The van der Waals surface area contributed by atoms with Gasteiger partial charge >= 0.3 is 24.8 Å². The van der Waals surface area contributed by atoms with Gasteiger partial charge in [-0.05, 0) is 66.5 Å². The zero-order valence-electron chi connectivity index (χ0n) is 23.7. The molecule has 2 aromatic carbocycles. The molecule has 0 unspecified atom stereocenters. The number of nitrogens with zero attached hydrogens (tertiary/aromatic N) is 1. The average Bonchev–Trinajstić information content (AvgIpc) is 2.85. The Morgan fingerprint density at radius 3 is 2.49 bits per heavy atom. The van der Waals surface area contributed by atoms with Crippen molar-refractivity contribution in [2.24, 2.45) is 5.92 Å². The summed E-state index contributed by atoms with van der Waals surface area (Å²) in [6, 6.07) is 13.1. The Morgan fingerprint density at radius 1 is 1.16 bits per heavy atom. The van der Waals surface area contributed by atoms with Gasteiger partial charge < -0.3 is 11.8 Å². The minimum absolute atomic E-state index is 0. The van der Waals surface area contributed by atoms with Gasteiger partial charge in [0.05, 0.1) is 6.26 Å². The summed E-state index contributed by atoms with van der Waals surface area (Å²) in [5.74, 6) is 0.465. The fraction of sp³-hybridized carbons (Fsp3) is 0.536. The number of anilines is 1. The van der Waals surface area contributed by atoms with Crippen LogP contribution in [-0.4, -0.2) is 54.6 Å². The number of thioether (sulfide) groups is 1. The Labute approximate surface area is 240 Å². The second-order valence-electron chi connectivity index (χ2n) is 9.90. The maximum Gasteiger partial charge on any atom is 1.00 e. The van der Waals surface area contributed by atoms with E-state index in [0.717, 1.165) is 40.1 Å². The van der Waals surface area contributed by atoms with Gasteiger partial charge in [0, 0.05) is 24.3 Å². The van der Waals surface area contributed by atoms with Gasteiger partial charge in [0.15, 0.2) is 0 Å². The van der Waals surface area contributed by atoms with Crippen LogP contribution in [0.3, 0.4) is 0 Å². The van der Waals surface area contributed by atoms with Crippen LogP contribution >= 0.6 is 11.8 Å². The van der Waals surface area contributed by atoms with Crippen molar-refractivity contribution in [2.45, 2.75) is 64.5 Å². The van der Waals surface area contributed by atoms with Gasteiger partial charge in [-0.25, -0.2) is 13.2 Å². The van der Waals surface area contributed by atoms with Gasteiger partial charge in [0.2, 0.25) is 10.0 Å². The zero-order chi connectivity index (χ0) is 26.1. The number of sulfonamides is 1. The van der Waals surface area contributed by atoms with Crippen LogP contribution in [-0.2, 0) is 21.4 Å². The molecule has 1 aliphatic rings. The smallest absolute Gasteiger partial charge is 1.00 e. The third-order valence-corrected chi connectivity index (χ3v) is 8.99. The predicted molar refractivity (Wildman–Crippen MR) is 152 cm³/mol. The first-order valence-corrected chi connectivity index (χ1v) is 16.1. The van der Waals surface area contributed by atoms with Gasteiger partial charge in [0.25, 0.3) is 0 Å². The van der Waals surface area contributed by atoms with Crippen LogP contribution in [0.4, 0.5) is 5.69 Å². The van der Waals surface area contributed by atoms with E-state index in [1.807, 2.05) is 55.6 Å². The van der Waals surface area contributed by atoms with E-state index in [0.29, 0.717) is 25.4 Å². The third-order valence-electron chi connectivity index (χ3n) is 7.10. The molecule has 0 spiro atoms. The van der Waals surface area contributed by atoms with Crippen molar-refractivity contribution in [3.63, 3.8) is 0 Å². The molecule has 0 radical (unpaired) electrons. The van der Waals surface area contributed by atoms with E-state index in [9.17, 15) is 18.3 Å². The Kier molecular flexibility index (Phi) is 13.1. The first kappa shape index (κ1) is 31.8. The number of benzene rings is 2. The van der Waals surface area contributed by atoms with Crippen molar-refractivity contribution in [1.82, 2.24) is 4.31 Å². The van der Waals surface area contributed by atoms with Crippen LogP contribution in [0.5, 0.6) is 0 Å². The van der Waals surface area contributed by atoms with Gasteiger partial charge in [-0.1, -0.05) is 62.4 Å². The molecule has 0 saturated heterocycles. The van der Waals surface area contributed by atoms with E-state index in [1.165, 1.54) is 38.4 Å². The van der Waals surface area contributed by atoms with Crippen molar-refractivity contribution in [3.8, 4) is 11.1 Å². The quantitative estimate of drug-likeness (QED) is 0.380. The Bertz CT molecular complexity index is 1130. The van der Waals surface area contributed by atoms with Crippen molar-refractivity contribution >= 4 is 33.4 Å². The molecule has 3 rings (SSSR count). The van der Waals surface area contributed by atoms with Gasteiger partial charge in [-0.3, -0.25) is 0 Å². The number of carboxylic acid groups (broad SMARTS) is 1. The van der Waals surface area contributed by atoms with E-state index in [2.05, 4.69) is 5.32 Å². The van der Waals surface area contributed by atoms with E-state index >= 15 is 0 Å². The van der Waals surface area contributed by atoms with Crippen LogP contribution in [0.15, 0.2) is 42.5 Å². The number of nitrogens with one attached hydrogen (secondary N) is 1. The number of hydrogen-bond acceptors (Lipinski definition) is 5. The summed E-state index contributed by atoms with van der Waals surface area (Å²) in [7, 11) is -3.36. The molecule has 200 valence electrons. The fourth-order valence-corrected chi connectivity index (χ4v) is 6.25. The minimum Gasteiger partial charge on any atom is -1.00 e. The third kappa shape index (κ3) is 9.67. The van der Waals surface area contributed by atoms with Crippen molar-refractivity contribution in [2.75, 3.05) is 30.1 Å². The standard InChI is InChI=1S/C28H40N2O4S2.Li.H/c1-21-9-7-8-12-24(21)25-19-23(13-14-26(25)29-27(28(31)32)16-18-35-2)20-30(36(3,33)34)17-15-22-10-5-4-6-11-22;;/h7-9,12-14,19,22,27,29H,4-6,10-11,15-18,20H2,1-3H3,(H,31,32);;/q;+1;-1/t27-;;/m0../s1. The molecule has 0 bridgehead atoms. The van der Waals surface area contributed by atoms with Crippen LogP contribution in [0.1, 0.15) is 57.5 Å². The average molecular weight is 541 g/mol. The number of hydrogen-bond donors (Lipinski definition) is 2. The van der Waals surface area contributed by atoms with E-state index in [-0.39, 0.29) is 20.3 Å². The second kappa shape index (κ2) is 15.2. The Morgan fingerprint density at radius 2 is 1.86 bits per heavy atom. The minimum atomic E-state index is -3.36. The van der Waals surface area contributed by atoms with Gasteiger partial charge in [-0.2, -0.15) is 16.1 Å². The Balaban J connectivity index is 0.00000361. The maximum atomic E-state index is 12.7. The van der Waals surface area contributed by atoms with Crippen molar-refractivity contribution in [3.05, 3.63) is 53.6 Å². The molecule has 0 aliphatic heterocycles. The SMILES string of the molecule is CSCC[C@H](Nc1ccc(CN(CCC2CCCCC2)S(C)(=O)=O)cc1-c1ccccc1C)C(=O)O.[H-].[Li+]. The summed E-state index contributed by atoms with van der Waals surface area (Å²) in [4.78, 5) is 11.9. The molecule has 9 heteroatoms. The van der Waals surface area contributed by atoms with E-state index in [1.54, 1.807) is 16.1 Å². The van der Waals surface area contributed by atoms with Crippen molar-refractivity contribution in [1.29, 1.82) is 0 Å². The number of carbonyl (C=O) groups is 1. The topological polar surface area (TPSA) is 86.7 Å². The van der Waals surface area contributed by atoms with Crippen LogP contribution in [0, 0.1) is 12.8 Å². The molecule has 0 amide bonds. The monoisotopic (exact) mass is 540 g/mol. The molecule has 0 aromatic heterocycles. The summed E-state index contributed by atoms with van der Waals surface area (Å²) in [5, 5.41) is 13.0. The van der Waals surface area contributed by atoms with Crippen molar-refractivity contribution < 1.29 is 38.6 Å². The molecule has 1 atom stereocenters. The largest absolute Gasteiger partial charge is 1.00 e. The molecule has 2 N–H and O–H groups in total. The molecule has 1 fully saturated rings. The van der Waals surface area contributed by atoms with Crippen LogP contribution in [0.2, 0.25) is 0 Å². The maximum absolute atomic E-state index is 12.7. The molecular weight excluding hydrogens is 499 g/mol. The first-order chi connectivity index (χ1) is 17.2. The van der Waals surface area contributed by atoms with Crippen LogP contribution < -0.4 is 24.2 Å². The summed E-state index contributed by atoms with van der Waals surface area (Å²) >= 11 is 1.62. The normalized spacial score (nSPS) is 15.2. The summed E-state index contributed by atoms with van der Waals surface area (Å²) in [6.07, 6.45) is 10.8. The zero-order valence-corrected chi connectivity index (χ0v) is 24.3. The number of rotatable bonds is 13. The van der Waals surface area contributed by atoms with E-state index < -0.39 is 22.0 Å². The van der Waals surface area contributed by atoms with Gasteiger partial charge in [-0.15, -0.1) is 0 Å². The Hall–Kier alpha value is -1.43. The molecular formula is C28H41LiN2O4S2. The van der Waals surface area contributed by atoms with Gasteiger partial charge in [0.1, 0.15) is 6.04 Å². The summed E-state index contributed by atoms with van der Waals surface area (Å²) in [5.41, 5.74) is 4.61. The molecule has 1 aliphatic carbocycles. The molecule has 1 saturated carbocycles. The fourth-order valence-electron chi connectivity index (χ4n) is 4.96. The van der Waals surface area contributed by atoms with Crippen LogP contribution in [0.25, 0.3) is 11.1 Å². The molecule has 6 nitrogen and oxygen atoms in total. The number of aliphatic carboxylic acids is 1. The number of aryl methyl sites for hydroxylation is 1. The first-order valence-electron chi connectivity index (χ1n) is 12.8. The summed E-state index contributed by atoms with van der Waals surface area (Å²) < 4.78 is 26.9. The predicted octanol–water partition coefficient (Wildman–Crippen LogP) is 3.13. The number of carboxylic acids is 1. The van der Waals surface area contributed by atoms with E-state index in [4.69, 9.17) is 0 Å². The second-order valence-corrected chi connectivity index (χ2v) is 12.9. The molecule has 37 heavy (non-hydrogen) atoms. The molecule has 0 heterocycles.